The second-order valence-electron chi connectivity index (χ2n) is 3.69. The van der Waals surface area contributed by atoms with Crippen LogP contribution in [0.4, 0.5) is 5.13 Å². The van der Waals surface area contributed by atoms with Gasteiger partial charge in [-0.05, 0) is 13.8 Å². The van der Waals surface area contributed by atoms with E-state index in [9.17, 15) is 0 Å². The summed E-state index contributed by atoms with van der Waals surface area (Å²) in [5, 5.41) is 4.44. The molecule has 1 N–H and O–H groups in total. The van der Waals surface area contributed by atoms with Gasteiger partial charge in [-0.3, -0.25) is 0 Å². The Morgan fingerprint density at radius 1 is 1.50 bits per heavy atom. The van der Waals surface area contributed by atoms with E-state index in [2.05, 4.69) is 36.1 Å². The molecule has 1 aromatic heterocycles. The van der Waals surface area contributed by atoms with E-state index in [1.54, 1.807) is 18.4 Å². The van der Waals surface area contributed by atoms with Crippen LogP contribution in [0, 0.1) is 6.92 Å². The second-order valence-corrected chi connectivity index (χ2v) is 4.75. The molecule has 0 radical (unpaired) electrons. The molecule has 5 heteroatoms. The van der Waals surface area contributed by atoms with Crippen LogP contribution in [0.5, 0.6) is 0 Å². The van der Waals surface area contributed by atoms with Gasteiger partial charge >= 0.3 is 0 Å². The van der Waals surface area contributed by atoms with Crippen molar-refractivity contribution < 1.29 is 4.74 Å². The van der Waals surface area contributed by atoms with Gasteiger partial charge in [-0.1, -0.05) is 0 Å². The molecule has 0 unspecified atom stereocenters. The third kappa shape index (κ3) is 3.73. The van der Waals surface area contributed by atoms with Crippen molar-refractivity contribution in [2.45, 2.75) is 20.4 Å². The van der Waals surface area contributed by atoms with Crippen LogP contribution in [0.2, 0.25) is 0 Å². The molecule has 1 heterocycles. The van der Waals surface area contributed by atoms with Crippen LogP contribution in [0.25, 0.3) is 0 Å². The highest BCUT2D eigenvalue weighted by molar-refractivity contribution is 7.15. The highest BCUT2D eigenvalue weighted by atomic mass is 32.1. The lowest BCUT2D eigenvalue weighted by atomic mass is 10.4. The number of aromatic nitrogens is 1. The summed E-state index contributed by atoms with van der Waals surface area (Å²) in [5.41, 5.74) is 1.13. The van der Waals surface area contributed by atoms with Gasteiger partial charge in [-0.15, -0.1) is 11.3 Å². The number of aryl methyl sites for hydroxylation is 1. The quantitative estimate of drug-likeness (QED) is 0.739. The molecule has 0 saturated carbocycles. The van der Waals surface area contributed by atoms with Crippen molar-refractivity contribution in [2.75, 3.05) is 38.8 Å². The number of thiazole rings is 1. The van der Waals surface area contributed by atoms with E-state index in [0.717, 1.165) is 37.1 Å². The average molecular weight is 243 g/mol. The van der Waals surface area contributed by atoms with E-state index in [0.29, 0.717) is 0 Å². The lowest BCUT2D eigenvalue weighted by Crippen LogP contribution is -2.18. The minimum Gasteiger partial charge on any atom is -0.383 e. The van der Waals surface area contributed by atoms with E-state index in [-0.39, 0.29) is 0 Å². The Kier molecular flexibility index (Phi) is 5.73. The van der Waals surface area contributed by atoms with E-state index in [1.165, 1.54) is 4.88 Å². The molecule has 1 aromatic rings. The lowest BCUT2D eigenvalue weighted by Gasteiger charge is -2.11. The first-order valence-corrected chi connectivity index (χ1v) is 6.37. The van der Waals surface area contributed by atoms with Crippen LogP contribution >= 0.6 is 11.3 Å². The van der Waals surface area contributed by atoms with Crippen LogP contribution in [0.15, 0.2) is 0 Å². The Labute approximate surface area is 102 Å². The normalized spacial score (nSPS) is 10.8. The third-order valence-corrected chi connectivity index (χ3v) is 3.72. The zero-order valence-corrected chi connectivity index (χ0v) is 11.4. The van der Waals surface area contributed by atoms with Gasteiger partial charge in [0.2, 0.25) is 0 Å². The van der Waals surface area contributed by atoms with Crippen molar-refractivity contribution in [3.8, 4) is 0 Å². The number of rotatable bonds is 7. The molecular formula is C11H21N3OS. The molecule has 16 heavy (non-hydrogen) atoms. The monoisotopic (exact) mass is 243 g/mol. The second kappa shape index (κ2) is 6.83. The Bertz CT molecular complexity index is 314. The van der Waals surface area contributed by atoms with Crippen molar-refractivity contribution in [3.05, 3.63) is 10.6 Å². The lowest BCUT2D eigenvalue weighted by molar-refractivity contribution is 0.199. The van der Waals surface area contributed by atoms with Crippen LogP contribution in [-0.2, 0) is 11.3 Å². The summed E-state index contributed by atoms with van der Waals surface area (Å²) in [5.74, 6) is 0. The number of hydrogen-bond acceptors (Lipinski definition) is 5. The fraction of sp³-hybridized carbons (Fsp3) is 0.727. The van der Waals surface area contributed by atoms with Gasteiger partial charge in [0.25, 0.3) is 0 Å². The molecule has 0 aromatic carbocycles. The van der Waals surface area contributed by atoms with Gasteiger partial charge in [0.05, 0.1) is 12.3 Å². The maximum absolute atomic E-state index is 4.99. The zero-order valence-electron chi connectivity index (χ0n) is 10.5. The molecule has 1 rings (SSSR count). The minimum atomic E-state index is 0.750. The summed E-state index contributed by atoms with van der Waals surface area (Å²) in [7, 11) is 3.79. The number of anilines is 1. The van der Waals surface area contributed by atoms with Crippen molar-refractivity contribution in [1.82, 2.24) is 10.3 Å². The molecule has 0 aliphatic rings. The summed E-state index contributed by atoms with van der Waals surface area (Å²) in [6.45, 7) is 7.70. The molecule has 0 amide bonds. The summed E-state index contributed by atoms with van der Waals surface area (Å²) in [6, 6.07) is 0. The van der Waals surface area contributed by atoms with Crippen LogP contribution in [0.1, 0.15) is 17.5 Å². The van der Waals surface area contributed by atoms with Gasteiger partial charge in [0.1, 0.15) is 0 Å². The topological polar surface area (TPSA) is 37.4 Å². The summed E-state index contributed by atoms with van der Waals surface area (Å²) in [4.78, 5) is 8.03. The summed E-state index contributed by atoms with van der Waals surface area (Å²) >= 11 is 1.76. The van der Waals surface area contributed by atoms with E-state index in [4.69, 9.17) is 4.74 Å². The van der Waals surface area contributed by atoms with Gasteiger partial charge in [0, 0.05) is 38.7 Å². The number of ether oxygens (including phenoxy) is 1. The molecule has 92 valence electrons. The molecule has 0 aliphatic carbocycles. The number of methoxy groups -OCH3 is 1. The van der Waals surface area contributed by atoms with Gasteiger partial charge in [0.15, 0.2) is 5.13 Å². The fourth-order valence-corrected chi connectivity index (χ4v) is 2.31. The molecule has 0 atom stereocenters. The van der Waals surface area contributed by atoms with Crippen molar-refractivity contribution >= 4 is 16.5 Å². The largest absolute Gasteiger partial charge is 0.383 e. The number of hydrogen-bond donors (Lipinski definition) is 1. The molecule has 4 nitrogen and oxygen atoms in total. The van der Waals surface area contributed by atoms with E-state index in [1.807, 2.05) is 0 Å². The molecule has 0 spiro atoms. The van der Waals surface area contributed by atoms with E-state index < -0.39 is 0 Å². The fourth-order valence-electron chi connectivity index (χ4n) is 1.25. The standard InChI is InChI=1S/C11H21N3OS/c1-5-14(3)11-13-9(2)10(16-11)8-12-6-7-15-4/h12H,5-8H2,1-4H3. The molecule has 0 saturated heterocycles. The molecular weight excluding hydrogens is 222 g/mol. The van der Waals surface area contributed by atoms with E-state index >= 15 is 0 Å². The predicted molar refractivity (Wildman–Crippen MR) is 69.4 cm³/mol. The number of nitrogens with one attached hydrogen (secondary N) is 1. The maximum Gasteiger partial charge on any atom is 0.185 e. The Morgan fingerprint density at radius 3 is 2.88 bits per heavy atom. The highest BCUT2D eigenvalue weighted by Gasteiger charge is 2.09. The SMILES string of the molecule is CCN(C)c1nc(C)c(CNCCOC)s1. The molecule has 0 fully saturated rings. The first-order valence-electron chi connectivity index (χ1n) is 5.56. The summed E-state index contributed by atoms with van der Waals surface area (Å²) in [6.07, 6.45) is 0. The minimum absolute atomic E-state index is 0.750. The van der Waals surface area contributed by atoms with Gasteiger partial charge < -0.3 is 15.0 Å². The van der Waals surface area contributed by atoms with Crippen molar-refractivity contribution in [1.29, 1.82) is 0 Å². The predicted octanol–water partition coefficient (Wildman–Crippen LogP) is 1.64. The van der Waals surface area contributed by atoms with Gasteiger partial charge in [-0.2, -0.15) is 0 Å². The average Bonchev–Trinajstić information content (AvgIpc) is 2.65. The zero-order chi connectivity index (χ0) is 12.0. The highest BCUT2D eigenvalue weighted by Crippen LogP contribution is 2.24. The first kappa shape index (κ1) is 13.4. The first-order chi connectivity index (χ1) is 7.69. The van der Waals surface area contributed by atoms with Crippen LogP contribution < -0.4 is 10.2 Å². The van der Waals surface area contributed by atoms with Crippen molar-refractivity contribution in [3.63, 3.8) is 0 Å². The maximum atomic E-state index is 4.99. The third-order valence-electron chi connectivity index (χ3n) is 2.45. The molecule has 0 bridgehead atoms. The Morgan fingerprint density at radius 2 is 2.25 bits per heavy atom. The summed E-state index contributed by atoms with van der Waals surface area (Å²) < 4.78 is 4.99. The van der Waals surface area contributed by atoms with Gasteiger partial charge in [-0.25, -0.2) is 4.98 Å². The molecule has 0 aliphatic heterocycles. The smallest absolute Gasteiger partial charge is 0.185 e. The van der Waals surface area contributed by atoms with Crippen molar-refractivity contribution in [2.24, 2.45) is 0 Å². The Hall–Kier alpha value is -0.650. The Balaban J connectivity index is 2.50. The van der Waals surface area contributed by atoms with Crippen LogP contribution in [-0.4, -0.2) is 38.8 Å². The van der Waals surface area contributed by atoms with Crippen LogP contribution in [0.3, 0.4) is 0 Å². The number of nitrogens with zero attached hydrogens (tertiary/aromatic N) is 2.